The molecule has 38 heavy (non-hydrogen) atoms. The zero-order valence-electron chi connectivity index (χ0n) is 21.8. The van der Waals surface area contributed by atoms with Crippen LogP contribution in [0.5, 0.6) is 0 Å². The van der Waals surface area contributed by atoms with Crippen molar-refractivity contribution in [1.29, 1.82) is 0 Å². The molecular formula is C29H33ClF2N2O4. The molecule has 0 spiro atoms. The highest BCUT2D eigenvalue weighted by Gasteiger charge is 2.79. The minimum atomic E-state index is -2.18. The number of likely N-dealkylation sites (N-methyl/N-ethyl adjacent to an activating group) is 1. The lowest BCUT2D eigenvalue weighted by atomic mass is 9.45. The van der Waals surface area contributed by atoms with Crippen LogP contribution in [0.1, 0.15) is 45.1 Å². The Kier molecular flexibility index (Phi) is 5.80. The van der Waals surface area contributed by atoms with Gasteiger partial charge in [0.05, 0.1) is 6.10 Å². The van der Waals surface area contributed by atoms with E-state index < -0.39 is 45.9 Å². The number of allylic oxidation sites excluding steroid dienone is 4. The van der Waals surface area contributed by atoms with E-state index >= 15 is 8.78 Å². The van der Waals surface area contributed by atoms with Crippen molar-refractivity contribution < 1.29 is 28.3 Å². The highest BCUT2D eigenvalue weighted by Crippen LogP contribution is 2.72. The van der Waals surface area contributed by atoms with Gasteiger partial charge in [-0.05, 0) is 55.0 Å². The van der Waals surface area contributed by atoms with Gasteiger partial charge in [-0.2, -0.15) is 5.06 Å². The fourth-order valence-electron chi connectivity index (χ4n) is 8.76. The molecule has 0 aromatic heterocycles. The van der Waals surface area contributed by atoms with Crippen molar-refractivity contribution in [3.63, 3.8) is 0 Å². The van der Waals surface area contributed by atoms with E-state index in [1.54, 1.807) is 31.2 Å². The molecule has 3 fully saturated rings. The number of nitrogens with one attached hydrogen (secondary N) is 1. The van der Waals surface area contributed by atoms with E-state index in [9.17, 15) is 14.7 Å². The third-order valence-electron chi connectivity index (χ3n) is 10.5. The zero-order chi connectivity index (χ0) is 27.3. The molecule has 204 valence electrons. The normalized spacial score (nSPS) is 43.9. The number of halogens is 3. The van der Waals surface area contributed by atoms with Gasteiger partial charge in [0.15, 0.2) is 17.1 Å². The van der Waals surface area contributed by atoms with Gasteiger partial charge in [-0.15, -0.1) is 0 Å². The van der Waals surface area contributed by atoms with E-state index in [0.29, 0.717) is 24.5 Å². The first-order valence-electron chi connectivity index (χ1n) is 13.3. The molecule has 0 bridgehead atoms. The largest absolute Gasteiger partial charge is 0.390 e. The monoisotopic (exact) mass is 546 g/mol. The Hall–Kier alpha value is -2.13. The average molecular weight is 547 g/mol. The highest BCUT2D eigenvalue weighted by molar-refractivity contribution is 6.30. The Morgan fingerprint density at radius 3 is 2.66 bits per heavy atom. The molecule has 0 radical (unpaired) electrons. The van der Waals surface area contributed by atoms with Crippen LogP contribution in [-0.4, -0.2) is 52.8 Å². The number of hydroxylamine groups is 2. The minimum Gasteiger partial charge on any atom is -0.390 e. The molecule has 1 aromatic rings. The molecule has 8 atom stereocenters. The van der Waals surface area contributed by atoms with E-state index in [1.165, 1.54) is 12.2 Å². The number of ketones is 1. The SMILES string of the molecule is CNC(=O)[C@@]12ON(Cc3ccc(Cl)cc3)C[C@@H]1C[C@H]1[C@@H]3CC(F)=C4CC(=O)C=C[C@]4(C)[C@@]3(F)[C@@H](O)C[C@@]12C. The Balaban J connectivity index is 1.40. The van der Waals surface area contributed by atoms with Crippen molar-refractivity contribution in [3.8, 4) is 0 Å². The van der Waals surface area contributed by atoms with Gasteiger partial charge >= 0.3 is 0 Å². The number of fused-ring (bicyclic) bond motifs is 7. The third kappa shape index (κ3) is 3.14. The second-order valence-corrected chi connectivity index (χ2v) is 12.6. The smallest absolute Gasteiger partial charge is 0.255 e. The summed E-state index contributed by atoms with van der Waals surface area (Å²) in [7, 11) is 1.55. The fourth-order valence-corrected chi connectivity index (χ4v) is 8.88. The van der Waals surface area contributed by atoms with Crippen LogP contribution >= 0.6 is 11.6 Å². The Labute approximate surface area is 226 Å². The highest BCUT2D eigenvalue weighted by atomic mass is 35.5. The topological polar surface area (TPSA) is 78.9 Å². The maximum atomic E-state index is 17.4. The van der Waals surface area contributed by atoms with E-state index in [2.05, 4.69) is 5.32 Å². The second kappa shape index (κ2) is 8.43. The summed E-state index contributed by atoms with van der Waals surface area (Å²) in [5.74, 6) is -2.62. The maximum absolute atomic E-state index is 17.4. The van der Waals surface area contributed by atoms with E-state index in [0.717, 1.165) is 5.56 Å². The molecule has 2 N–H and O–H groups in total. The molecule has 0 unspecified atom stereocenters. The molecule has 1 heterocycles. The summed E-state index contributed by atoms with van der Waals surface area (Å²) in [5.41, 5.74) is -4.79. The zero-order valence-corrected chi connectivity index (χ0v) is 22.5. The summed E-state index contributed by atoms with van der Waals surface area (Å²) in [6.45, 7) is 4.36. The van der Waals surface area contributed by atoms with Crippen LogP contribution in [0.4, 0.5) is 8.78 Å². The van der Waals surface area contributed by atoms with Crippen molar-refractivity contribution >= 4 is 23.3 Å². The van der Waals surface area contributed by atoms with Crippen molar-refractivity contribution in [3.05, 3.63) is 58.4 Å². The van der Waals surface area contributed by atoms with Crippen LogP contribution < -0.4 is 5.32 Å². The van der Waals surface area contributed by atoms with Gasteiger partial charge in [0.25, 0.3) is 5.91 Å². The summed E-state index contributed by atoms with van der Waals surface area (Å²) in [4.78, 5) is 32.3. The standard InChI is InChI=1S/C29H33ClF2N2O4/c1-26-9-8-19(35)11-22(26)23(31)12-21-20-10-17-15-34(14-16-4-6-18(30)7-5-16)38-29(17,25(37)33-3)27(20,2)13-24(36)28(21,26)32/h4-9,17,20-21,24,36H,10-15H2,1-3H3,(H,33,37)/t17-,20-,21-,24-,26-,27-,28-,29-/m0/s1. The molecule has 2 saturated carbocycles. The summed E-state index contributed by atoms with van der Waals surface area (Å²) < 4.78 is 33.1. The Morgan fingerprint density at radius 2 is 1.97 bits per heavy atom. The first-order valence-corrected chi connectivity index (χ1v) is 13.7. The fraction of sp³-hybridized carbons (Fsp3) is 0.586. The minimum absolute atomic E-state index is 0.0182. The van der Waals surface area contributed by atoms with Gasteiger partial charge in [-0.3, -0.25) is 14.4 Å². The number of alkyl halides is 1. The van der Waals surface area contributed by atoms with E-state index in [-0.39, 0.29) is 42.4 Å². The molecule has 1 saturated heterocycles. The summed E-state index contributed by atoms with van der Waals surface area (Å²) >= 11 is 6.03. The van der Waals surface area contributed by atoms with Crippen LogP contribution in [-0.2, 0) is 21.0 Å². The number of amides is 1. The molecule has 4 aliphatic carbocycles. The van der Waals surface area contributed by atoms with Crippen LogP contribution in [0.25, 0.3) is 0 Å². The number of benzene rings is 1. The lowest BCUT2D eigenvalue weighted by Crippen LogP contribution is -2.70. The molecule has 9 heteroatoms. The molecular weight excluding hydrogens is 514 g/mol. The maximum Gasteiger partial charge on any atom is 0.255 e. The van der Waals surface area contributed by atoms with Gasteiger partial charge in [-0.1, -0.05) is 36.7 Å². The first kappa shape index (κ1) is 26.1. The van der Waals surface area contributed by atoms with Crippen molar-refractivity contribution in [2.24, 2.45) is 28.6 Å². The quantitative estimate of drug-likeness (QED) is 0.585. The predicted molar refractivity (Wildman–Crippen MR) is 137 cm³/mol. The lowest BCUT2D eigenvalue weighted by Gasteiger charge is -2.62. The van der Waals surface area contributed by atoms with Crippen LogP contribution in [0, 0.1) is 28.6 Å². The molecule has 1 amide bonds. The van der Waals surface area contributed by atoms with Crippen molar-refractivity contribution in [2.45, 2.75) is 63.4 Å². The number of aliphatic hydroxyl groups is 1. The van der Waals surface area contributed by atoms with Gasteiger partial charge in [-0.25, -0.2) is 8.78 Å². The van der Waals surface area contributed by atoms with Gasteiger partial charge < -0.3 is 10.4 Å². The summed E-state index contributed by atoms with van der Waals surface area (Å²) in [5, 5.41) is 16.8. The molecule has 1 aromatic carbocycles. The van der Waals surface area contributed by atoms with Crippen molar-refractivity contribution in [2.75, 3.05) is 13.6 Å². The summed E-state index contributed by atoms with van der Waals surface area (Å²) in [6, 6.07) is 7.39. The molecule has 5 aliphatic rings. The average Bonchev–Trinajstić information content (AvgIpc) is 3.35. The van der Waals surface area contributed by atoms with Crippen LogP contribution in [0.3, 0.4) is 0 Å². The number of rotatable bonds is 3. The van der Waals surface area contributed by atoms with E-state index in [4.69, 9.17) is 16.4 Å². The first-order chi connectivity index (χ1) is 17.9. The number of carbonyl (C=O) groups is 2. The Morgan fingerprint density at radius 1 is 1.26 bits per heavy atom. The molecule has 1 aliphatic heterocycles. The summed E-state index contributed by atoms with van der Waals surface area (Å²) in [6.07, 6.45) is 1.34. The van der Waals surface area contributed by atoms with Gasteiger partial charge in [0.1, 0.15) is 5.83 Å². The van der Waals surface area contributed by atoms with E-state index in [1.807, 2.05) is 19.1 Å². The number of aliphatic hydroxyl groups excluding tert-OH is 1. The van der Waals surface area contributed by atoms with Gasteiger partial charge in [0.2, 0.25) is 0 Å². The predicted octanol–water partition coefficient (Wildman–Crippen LogP) is 4.47. The Bertz CT molecular complexity index is 1270. The van der Waals surface area contributed by atoms with Crippen molar-refractivity contribution in [1.82, 2.24) is 10.4 Å². The number of carbonyl (C=O) groups excluding carboxylic acids is 2. The van der Waals surface area contributed by atoms with Gasteiger partial charge in [0, 0.05) is 60.7 Å². The number of hydrogen-bond donors (Lipinski definition) is 2. The van der Waals surface area contributed by atoms with Crippen LogP contribution in [0.15, 0.2) is 47.8 Å². The lowest BCUT2D eigenvalue weighted by molar-refractivity contribution is -0.266. The second-order valence-electron chi connectivity index (χ2n) is 12.2. The van der Waals surface area contributed by atoms with Crippen LogP contribution in [0.2, 0.25) is 5.02 Å². The number of nitrogens with zero attached hydrogens (tertiary/aromatic N) is 1. The molecule has 6 rings (SSSR count). The molecule has 6 nitrogen and oxygen atoms in total. The number of hydrogen-bond acceptors (Lipinski definition) is 5. The third-order valence-corrected chi connectivity index (χ3v) is 10.8.